The standard InChI is InChI=1S/C18H23N3O/c19-14-9-10-15(14)22-18(16-7-2-8-17(20)21-16)11-3-5-12-4-1-6-13(12)18/h2-3,5,7-8,11,13-15H,1,4,6,9-10,19H2,(H2,20,21). The van der Waals surface area contributed by atoms with Gasteiger partial charge >= 0.3 is 0 Å². The van der Waals surface area contributed by atoms with Gasteiger partial charge in [-0.25, -0.2) is 4.98 Å². The second-order valence-corrected chi connectivity index (χ2v) is 6.68. The van der Waals surface area contributed by atoms with Crippen molar-refractivity contribution >= 4 is 5.82 Å². The Morgan fingerprint density at radius 3 is 2.86 bits per heavy atom. The number of ether oxygens (including phenoxy) is 1. The maximum Gasteiger partial charge on any atom is 0.135 e. The Hall–Kier alpha value is -1.65. The van der Waals surface area contributed by atoms with Gasteiger partial charge in [-0.05, 0) is 50.3 Å². The van der Waals surface area contributed by atoms with Gasteiger partial charge in [0, 0.05) is 12.0 Å². The molecule has 4 rings (SSSR count). The smallest absolute Gasteiger partial charge is 0.135 e. The monoisotopic (exact) mass is 297 g/mol. The number of nitrogens with zero attached hydrogens (tertiary/aromatic N) is 1. The van der Waals surface area contributed by atoms with Crippen molar-refractivity contribution in [3.63, 3.8) is 0 Å². The number of rotatable bonds is 3. The van der Waals surface area contributed by atoms with E-state index in [-0.39, 0.29) is 12.1 Å². The summed E-state index contributed by atoms with van der Waals surface area (Å²) in [5.41, 5.74) is 14.0. The van der Waals surface area contributed by atoms with E-state index in [0.717, 1.165) is 31.4 Å². The first-order chi connectivity index (χ1) is 10.7. The number of nitrogens with two attached hydrogens (primary N) is 2. The van der Waals surface area contributed by atoms with Crippen molar-refractivity contribution in [3.8, 4) is 0 Å². The molecule has 0 bridgehead atoms. The number of fused-ring (bicyclic) bond motifs is 1. The zero-order valence-corrected chi connectivity index (χ0v) is 12.7. The highest BCUT2D eigenvalue weighted by Crippen LogP contribution is 2.50. The molecule has 1 heterocycles. The molecule has 0 saturated heterocycles. The van der Waals surface area contributed by atoms with Crippen molar-refractivity contribution in [1.82, 2.24) is 4.98 Å². The molecule has 22 heavy (non-hydrogen) atoms. The van der Waals surface area contributed by atoms with Crippen LogP contribution < -0.4 is 11.5 Å². The Kier molecular flexibility index (Phi) is 3.31. The minimum absolute atomic E-state index is 0.118. The minimum atomic E-state index is -0.501. The molecule has 0 radical (unpaired) electrons. The molecule has 1 aromatic rings. The highest BCUT2D eigenvalue weighted by molar-refractivity contribution is 5.40. The van der Waals surface area contributed by atoms with Crippen molar-refractivity contribution in [2.75, 3.05) is 5.73 Å². The zero-order chi connectivity index (χ0) is 15.2. The lowest BCUT2D eigenvalue weighted by Gasteiger charge is -2.45. The first-order valence-corrected chi connectivity index (χ1v) is 8.24. The SMILES string of the molecule is Nc1cccc(C2(OC3CCC3N)C=CC=C3CCCC32)n1. The number of nitrogen functional groups attached to an aromatic ring is 1. The Morgan fingerprint density at radius 1 is 1.23 bits per heavy atom. The third kappa shape index (κ3) is 2.09. The second-order valence-electron chi connectivity index (χ2n) is 6.68. The summed E-state index contributed by atoms with van der Waals surface area (Å²) in [7, 11) is 0. The molecule has 4 nitrogen and oxygen atoms in total. The fourth-order valence-corrected chi connectivity index (χ4v) is 4.00. The fraction of sp³-hybridized carbons (Fsp3) is 0.500. The van der Waals surface area contributed by atoms with Gasteiger partial charge in [-0.3, -0.25) is 0 Å². The quantitative estimate of drug-likeness (QED) is 0.899. The first-order valence-electron chi connectivity index (χ1n) is 8.24. The summed E-state index contributed by atoms with van der Waals surface area (Å²) in [5.74, 6) is 0.903. The van der Waals surface area contributed by atoms with Crippen LogP contribution in [0.4, 0.5) is 5.82 Å². The van der Waals surface area contributed by atoms with Crippen LogP contribution in [-0.4, -0.2) is 17.1 Å². The summed E-state index contributed by atoms with van der Waals surface area (Å²) in [6.45, 7) is 0. The van der Waals surface area contributed by atoms with Gasteiger partial charge in [-0.15, -0.1) is 0 Å². The second kappa shape index (κ2) is 5.21. The van der Waals surface area contributed by atoms with E-state index in [2.05, 4.69) is 23.2 Å². The molecule has 4 heteroatoms. The van der Waals surface area contributed by atoms with Crippen LogP contribution in [0.15, 0.2) is 42.0 Å². The molecule has 0 aliphatic heterocycles. The molecule has 2 fully saturated rings. The van der Waals surface area contributed by atoms with Crippen LogP contribution in [0.1, 0.15) is 37.8 Å². The van der Waals surface area contributed by atoms with E-state index >= 15 is 0 Å². The molecule has 4 unspecified atom stereocenters. The van der Waals surface area contributed by atoms with Crippen molar-refractivity contribution < 1.29 is 4.74 Å². The molecule has 4 atom stereocenters. The molecular weight excluding hydrogens is 274 g/mol. The van der Waals surface area contributed by atoms with Gasteiger partial charge in [0.2, 0.25) is 0 Å². The van der Waals surface area contributed by atoms with E-state index < -0.39 is 5.60 Å². The Labute approximate surface area is 131 Å². The number of anilines is 1. The fourth-order valence-electron chi connectivity index (χ4n) is 4.00. The van der Waals surface area contributed by atoms with Crippen LogP contribution in [0, 0.1) is 5.92 Å². The highest BCUT2D eigenvalue weighted by atomic mass is 16.5. The third-order valence-corrected chi connectivity index (χ3v) is 5.36. The van der Waals surface area contributed by atoms with Crippen LogP contribution in [0.2, 0.25) is 0 Å². The Bertz CT molecular complexity index is 639. The van der Waals surface area contributed by atoms with Crippen molar-refractivity contribution in [1.29, 1.82) is 0 Å². The molecule has 4 N–H and O–H groups in total. The average Bonchev–Trinajstić information content (AvgIpc) is 3.01. The van der Waals surface area contributed by atoms with Crippen molar-refractivity contribution in [2.45, 2.75) is 49.9 Å². The van der Waals surface area contributed by atoms with Gasteiger partial charge in [0.05, 0.1) is 11.8 Å². The molecule has 3 aliphatic carbocycles. The molecule has 0 amide bonds. The van der Waals surface area contributed by atoms with Crippen LogP contribution in [-0.2, 0) is 10.3 Å². The molecular formula is C18H23N3O. The van der Waals surface area contributed by atoms with E-state index in [4.69, 9.17) is 16.2 Å². The summed E-state index contributed by atoms with van der Waals surface area (Å²) in [4.78, 5) is 4.60. The molecule has 0 aromatic carbocycles. The van der Waals surface area contributed by atoms with Gasteiger partial charge in [0.15, 0.2) is 0 Å². The van der Waals surface area contributed by atoms with Gasteiger partial charge in [-0.2, -0.15) is 0 Å². The average molecular weight is 297 g/mol. The Balaban J connectivity index is 1.77. The lowest BCUT2D eigenvalue weighted by Crippen LogP contribution is -2.52. The van der Waals surface area contributed by atoms with E-state index in [9.17, 15) is 0 Å². The number of aromatic nitrogens is 1. The van der Waals surface area contributed by atoms with E-state index in [0.29, 0.717) is 11.7 Å². The number of allylic oxidation sites excluding steroid dienone is 2. The van der Waals surface area contributed by atoms with Crippen LogP contribution in [0.25, 0.3) is 0 Å². The summed E-state index contributed by atoms with van der Waals surface area (Å²) >= 11 is 0. The van der Waals surface area contributed by atoms with Crippen LogP contribution in [0.3, 0.4) is 0 Å². The van der Waals surface area contributed by atoms with Gasteiger partial charge in [0.1, 0.15) is 11.4 Å². The van der Waals surface area contributed by atoms with Crippen molar-refractivity contribution in [2.24, 2.45) is 11.7 Å². The zero-order valence-electron chi connectivity index (χ0n) is 12.7. The lowest BCUT2D eigenvalue weighted by atomic mass is 9.76. The molecule has 2 saturated carbocycles. The van der Waals surface area contributed by atoms with Crippen LogP contribution in [0.5, 0.6) is 0 Å². The molecule has 116 valence electrons. The van der Waals surface area contributed by atoms with E-state index in [1.165, 1.54) is 12.0 Å². The maximum atomic E-state index is 6.61. The molecule has 0 spiro atoms. The van der Waals surface area contributed by atoms with Gasteiger partial charge in [0.25, 0.3) is 0 Å². The summed E-state index contributed by atoms with van der Waals surface area (Å²) in [6.07, 6.45) is 12.2. The first kappa shape index (κ1) is 14.0. The normalized spacial score (nSPS) is 36.6. The largest absolute Gasteiger partial charge is 0.384 e. The number of hydrogen-bond donors (Lipinski definition) is 2. The van der Waals surface area contributed by atoms with E-state index in [1.807, 2.05) is 18.2 Å². The summed E-state index contributed by atoms with van der Waals surface area (Å²) < 4.78 is 6.61. The van der Waals surface area contributed by atoms with Crippen LogP contribution >= 0.6 is 0 Å². The number of pyridine rings is 1. The molecule has 3 aliphatic rings. The summed E-state index contributed by atoms with van der Waals surface area (Å²) in [6, 6.07) is 5.96. The predicted octanol–water partition coefficient (Wildman–Crippen LogP) is 2.66. The minimum Gasteiger partial charge on any atom is -0.384 e. The highest BCUT2D eigenvalue weighted by Gasteiger charge is 2.48. The van der Waals surface area contributed by atoms with E-state index in [1.54, 1.807) is 0 Å². The third-order valence-electron chi connectivity index (χ3n) is 5.36. The molecule has 1 aromatic heterocycles. The lowest BCUT2D eigenvalue weighted by molar-refractivity contribution is -0.132. The van der Waals surface area contributed by atoms with Gasteiger partial charge in [-0.1, -0.05) is 23.8 Å². The maximum absolute atomic E-state index is 6.61. The van der Waals surface area contributed by atoms with Crippen molar-refractivity contribution in [3.05, 3.63) is 47.7 Å². The number of hydrogen-bond acceptors (Lipinski definition) is 4. The summed E-state index contributed by atoms with van der Waals surface area (Å²) in [5, 5.41) is 0. The topological polar surface area (TPSA) is 74.2 Å². The predicted molar refractivity (Wildman–Crippen MR) is 87.0 cm³/mol. The van der Waals surface area contributed by atoms with Gasteiger partial charge < -0.3 is 16.2 Å². The Morgan fingerprint density at radius 2 is 2.14 bits per heavy atom.